The number of hydrogen-bond acceptors (Lipinski definition) is 5. The summed E-state index contributed by atoms with van der Waals surface area (Å²) in [5, 5.41) is 4.70. The molecule has 8 heteroatoms. The van der Waals surface area contributed by atoms with Gasteiger partial charge in [-0.05, 0) is 65.7 Å². The van der Waals surface area contributed by atoms with E-state index in [4.69, 9.17) is 9.15 Å². The number of hydrogen-bond donors (Lipinski definition) is 1. The maximum atomic E-state index is 13.3. The highest BCUT2D eigenvalue weighted by Crippen LogP contribution is 2.33. The average Bonchev–Trinajstić information content (AvgIpc) is 3.38. The molecule has 0 bridgehead atoms. The highest BCUT2D eigenvalue weighted by molar-refractivity contribution is 6.07. The number of rotatable bonds is 5. The van der Waals surface area contributed by atoms with Gasteiger partial charge in [0, 0.05) is 5.56 Å². The van der Waals surface area contributed by atoms with Gasteiger partial charge < -0.3 is 14.5 Å². The van der Waals surface area contributed by atoms with Crippen LogP contribution in [0.25, 0.3) is 22.2 Å². The molecule has 0 radical (unpaired) electrons. The van der Waals surface area contributed by atoms with E-state index in [1.807, 2.05) is 36.4 Å². The number of aromatic nitrogens is 1. The van der Waals surface area contributed by atoms with Crippen molar-refractivity contribution >= 4 is 22.7 Å². The molecular weight excluding hydrogens is 425 g/mol. The monoisotopic (exact) mass is 445 g/mol. The average molecular weight is 445 g/mol. The van der Waals surface area contributed by atoms with Crippen LogP contribution in [0.1, 0.15) is 18.2 Å². The number of carbonyl (C=O) groups excluding carboxylic acids is 2. The topological polar surface area (TPSA) is 84.7 Å². The molecule has 1 saturated heterocycles. The van der Waals surface area contributed by atoms with Gasteiger partial charge in [0.1, 0.15) is 23.4 Å². The van der Waals surface area contributed by atoms with Crippen molar-refractivity contribution in [1.29, 1.82) is 0 Å². The molecule has 33 heavy (non-hydrogen) atoms. The minimum Gasteiger partial charge on any atom is -0.497 e. The van der Waals surface area contributed by atoms with Crippen LogP contribution in [0.2, 0.25) is 0 Å². The lowest BCUT2D eigenvalue weighted by Crippen LogP contribution is -2.40. The molecule has 166 valence electrons. The third-order valence-electron chi connectivity index (χ3n) is 5.86. The predicted octanol–water partition coefficient (Wildman–Crippen LogP) is 4.61. The van der Waals surface area contributed by atoms with Crippen LogP contribution in [-0.2, 0) is 16.9 Å². The number of amides is 3. The Hall–Kier alpha value is -4.20. The second-order valence-corrected chi connectivity index (χ2v) is 8.03. The molecule has 3 aromatic carbocycles. The number of nitrogens with one attached hydrogen (secondary N) is 1. The molecule has 1 unspecified atom stereocenters. The highest BCUT2D eigenvalue weighted by Gasteiger charge is 2.49. The number of methoxy groups -OCH3 is 1. The van der Waals surface area contributed by atoms with Gasteiger partial charge in [-0.1, -0.05) is 18.2 Å². The number of oxazole rings is 1. The molecule has 1 atom stereocenters. The number of halogens is 1. The minimum atomic E-state index is -1.21. The molecule has 0 spiro atoms. The van der Waals surface area contributed by atoms with Crippen molar-refractivity contribution in [2.75, 3.05) is 7.11 Å². The smallest absolute Gasteiger partial charge is 0.325 e. The Bertz CT molecular complexity index is 1380. The van der Waals surface area contributed by atoms with Crippen molar-refractivity contribution < 1.29 is 23.1 Å². The molecule has 5 rings (SSSR count). The van der Waals surface area contributed by atoms with Crippen LogP contribution < -0.4 is 10.1 Å². The standard InChI is InChI=1S/C25H20FN3O4/c1-25(18-7-3-17-12-21(32-2)10-6-16(17)11-18)23(30)29(24(31)28-25)13-20-14-33-22(27-20)15-4-8-19(26)9-5-15/h3-12,14H,13H2,1-2H3,(H,28,31). The molecule has 1 aliphatic rings. The molecule has 0 aliphatic carbocycles. The van der Waals surface area contributed by atoms with Crippen LogP contribution in [0.3, 0.4) is 0 Å². The van der Waals surface area contributed by atoms with Gasteiger partial charge in [-0.15, -0.1) is 0 Å². The van der Waals surface area contributed by atoms with E-state index >= 15 is 0 Å². The van der Waals surface area contributed by atoms with E-state index in [-0.39, 0.29) is 24.2 Å². The first-order valence-electron chi connectivity index (χ1n) is 10.3. The second kappa shape index (κ2) is 7.74. The maximum Gasteiger partial charge on any atom is 0.325 e. The van der Waals surface area contributed by atoms with E-state index in [0.29, 0.717) is 16.8 Å². The van der Waals surface area contributed by atoms with Gasteiger partial charge in [0.25, 0.3) is 5.91 Å². The first-order valence-corrected chi connectivity index (χ1v) is 10.3. The van der Waals surface area contributed by atoms with Crippen molar-refractivity contribution in [3.8, 4) is 17.2 Å². The van der Waals surface area contributed by atoms with E-state index in [1.165, 1.54) is 18.4 Å². The van der Waals surface area contributed by atoms with Crippen LogP contribution in [0, 0.1) is 5.82 Å². The van der Waals surface area contributed by atoms with Crippen LogP contribution in [0.4, 0.5) is 9.18 Å². The van der Waals surface area contributed by atoms with Crippen molar-refractivity contribution in [3.63, 3.8) is 0 Å². The van der Waals surface area contributed by atoms with Gasteiger partial charge >= 0.3 is 6.03 Å². The van der Waals surface area contributed by atoms with E-state index < -0.39 is 11.6 Å². The summed E-state index contributed by atoms with van der Waals surface area (Å²) in [6, 6.07) is 16.5. The minimum absolute atomic E-state index is 0.0459. The van der Waals surface area contributed by atoms with E-state index in [9.17, 15) is 14.0 Å². The lowest BCUT2D eigenvalue weighted by Gasteiger charge is -2.22. The summed E-state index contributed by atoms with van der Waals surface area (Å²) in [7, 11) is 1.61. The lowest BCUT2D eigenvalue weighted by atomic mass is 9.90. The van der Waals surface area contributed by atoms with Gasteiger partial charge in [-0.3, -0.25) is 9.69 Å². The summed E-state index contributed by atoms with van der Waals surface area (Å²) in [5.74, 6) is 0.277. The SMILES string of the molecule is COc1ccc2cc(C3(C)NC(=O)N(Cc4coc(-c5ccc(F)cc5)n4)C3=O)ccc2c1. The van der Waals surface area contributed by atoms with Crippen molar-refractivity contribution in [1.82, 2.24) is 15.2 Å². The first-order chi connectivity index (χ1) is 15.9. The maximum absolute atomic E-state index is 13.3. The predicted molar refractivity (Wildman–Crippen MR) is 119 cm³/mol. The Balaban J connectivity index is 1.39. The fraction of sp³-hybridized carbons (Fsp3) is 0.160. The first kappa shape index (κ1) is 20.7. The van der Waals surface area contributed by atoms with Gasteiger partial charge in [-0.25, -0.2) is 14.2 Å². The Morgan fingerprint density at radius 1 is 1.06 bits per heavy atom. The fourth-order valence-corrected chi connectivity index (χ4v) is 3.96. The number of fused-ring (bicyclic) bond motifs is 1. The van der Waals surface area contributed by atoms with Crippen molar-refractivity contribution in [2.24, 2.45) is 0 Å². The summed E-state index contributed by atoms with van der Waals surface area (Å²) in [6.07, 6.45) is 1.39. The fourth-order valence-electron chi connectivity index (χ4n) is 3.96. The summed E-state index contributed by atoms with van der Waals surface area (Å²) in [6.45, 7) is 1.64. The zero-order valence-corrected chi connectivity index (χ0v) is 18.0. The second-order valence-electron chi connectivity index (χ2n) is 8.03. The number of urea groups is 1. The lowest BCUT2D eigenvalue weighted by molar-refractivity contribution is -0.131. The zero-order valence-electron chi connectivity index (χ0n) is 18.0. The molecule has 1 fully saturated rings. The highest BCUT2D eigenvalue weighted by atomic mass is 19.1. The van der Waals surface area contributed by atoms with Gasteiger partial charge in [0.05, 0.1) is 19.3 Å². The molecule has 1 N–H and O–H groups in total. The summed E-state index contributed by atoms with van der Waals surface area (Å²) in [5.41, 5.74) is 0.465. The Kier molecular flexibility index (Phi) is 4.85. The third-order valence-corrected chi connectivity index (χ3v) is 5.86. The summed E-state index contributed by atoms with van der Waals surface area (Å²) < 4.78 is 23.9. The van der Waals surface area contributed by atoms with Crippen molar-refractivity contribution in [3.05, 3.63) is 84.0 Å². The normalized spacial score (nSPS) is 18.1. The number of ether oxygens (including phenoxy) is 1. The molecule has 0 saturated carbocycles. The van der Waals surface area contributed by atoms with Gasteiger partial charge in [-0.2, -0.15) is 0 Å². The number of carbonyl (C=O) groups is 2. The number of imide groups is 1. The molecule has 1 aliphatic heterocycles. The zero-order chi connectivity index (χ0) is 23.2. The van der Waals surface area contributed by atoms with E-state index in [1.54, 1.807) is 26.2 Å². The number of benzene rings is 3. The van der Waals surface area contributed by atoms with Crippen LogP contribution >= 0.6 is 0 Å². The summed E-state index contributed by atoms with van der Waals surface area (Å²) in [4.78, 5) is 31.5. The Labute approximate surface area is 188 Å². The molecule has 4 aromatic rings. The molecule has 3 amide bonds. The van der Waals surface area contributed by atoms with Gasteiger partial charge in [0.15, 0.2) is 0 Å². The van der Waals surface area contributed by atoms with Gasteiger partial charge in [0.2, 0.25) is 5.89 Å². The van der Waals surface area contributed by atoms with Crippen LogP contribution in [0.15, 0.2) is 71.3 Å². The third kappa shape index (κ3) is 3.59. The van der Waals surface area contributed by atoms with Crippen LogP contribution in [0.5, 0.6) is 5.75 Å². The molecule has 7 nitrogen and oxygen atoms in total. The largest absolute Gasteiger partial charge is 0.497 e. The quantitative estimate of drug-likeness (QED) is 0.454. The molecule has 2 heterocycles. The van der Waals surface area contributed by atoms with E-state index in [0.717, 1.165) is 21.4 Å². The van der Waals surface area contributed by atoms with E-state index in [2.05, 4.69) is 10.3 Å². The Morgan fingerprint density at radius 2 is 1.79 bits per heavy atom. The Morgan fingerprint density at radius 3 is 2.55 bits per heavy atom. The van der Waals surface area contributed by atoms with Crippen LogP contribution in [-0.4, -0.2) is 28.9 Å². The van der Waals surface area contributed by atoms with Crippen molar-refractivity contribution in [2.45, 2.75) is 19.0 Å². The molecule has 1 aromatic heterocycles. The molecular formula is C25H20FN3O4. The number of nitrogens with zero attached hydrogens (tertiary/aromatic N) is 2. The summed E-state index contributed by atoms with van der Waals surface area (Å²) >= 11 is 0.